The first-order valence-corrected chi connectivity index (χ1v) is 5.35. The van der Waals surface area contributed by atoms with Crippen LogP contribution in [-0.4, -0.2) is 11.9 Å². The molecule has 1 aliphatic heterocycles. The average Bonchev–Trinajstić information content (AvgIpc) is 2.65. The Morgan fingerprint density at radius 3 is 2.54 bits per heavy atom. The summed E-state index contributed by atoms with van der Waals surface area (Å²) in [6.45, 7) is 6.45. The van der Waals surface area contributed by atoms with Crippen molar-refractivity contribution < 1.29 is 4.79 Å². The fourth-order valence-corrected chi connectivity index (χ4v) is 3.08. The van der Waals surface area contributed by atoms with E-state index < -0.39 is 0 Å². The summed E-state index contributed by atoms with van der Waals surface area (Å²) in [5, 5.41) is 3.07. The number of nitrogens with one attached hydrogen (secondary N) is 1. The van der Waals surface area contributed by atoms with Crippen LogP contribution in [0.4, 0.5) is 0 Å². The minimum Gasteiger partial charge on any atom is -0.353 e. The van der Waals surface area contributed by atoms with Crippen molar-refractivity contribution >= 4 is 5.91 Å². The predicted octanol–water partition coefficient (Wildman–Crippen LogP) is 1.95. The van der Waals surface area contributed by atoms with E-state index in [2.05, 4.69) is 26.1 Å². The molecule has 13 heavy (non-hydrogen) atoms. The molecule has 2 atom stereocenters. The van der Waals surface area contributed by atoms with Crippen molar-refractivity contribution in [3.05, 3.63) is 0 Å². The van der Waals surface area contributed by atoms with Crippen LogP contribution >= 0.6 is 0 Å². The van der Waals surface area contributed by atoms with E-state index >= 15 is 0 Å². The standard InChI is InChI=1S/C11H19NO/c1-7(2)9-10(13)12-8(3)6-11(9)4-5-11/h7-9H,4-6H2,1-3H3,(H,12,13). The topological polar surface area (TPSA) is 29.1 Å². The Hall–Kier alpha value is -0.530. The van der Waals surface area contributed by atoms with Gasteiger partial charge in [-0.15, -0.1) is 0 Å². The molecular formula is C11H19NO. The van der Waals surface area contributed by atoms with Crippen LogP contribution in [0.15, 0.2) is 0 Å². The normalized spacial score (nSPS) is 36.5. The molecule has 0 radical (unpaired) electrons. The van der Waals surface area contributed by atoms with Crippen molar-refractivity contribution in [1.82, 2.24) is 5.32 Å². The van der Waals surface area contributed by atoms with E-state index in [-0.39, 0.29) is 5.92 Å². The number of rotatable bonds is 1. The third kappa shape index (κ3) is 1.36. The van der Waals surface area contributed by atoms with Gasteiger partial charge in [-0.05, 0) is 37.5 Å². The zero-order valence-corrected chi connectivity index (χ0v) is 8.76. The molecule has 2 fully saturated rings. The van der Waals surface area contributed by atoms with Gasteiger partial charge in [0.2, 0.25) is 5.91 Å². The Labute approximate surface area is 80.1 Å². The summed E-state index contributed by atoms with van der Waals surface area (Å²) in [6.07, 6.45) is 3.74. The summed E-state index contributed by atoms with van der Waals surface area (Å²) in [5.41, 5.74) is 0.399. The Bertz CT molecular complexity index is 230. The lowest BCUT2D eigenvalue weighted by Gasteiger charge is -2.37. The van der Waals surface area contributed by atoms with Crippen LogP contribution < -0.4 is 5.32 Å². The lowest BCUT2D eigenvalue weighted by atomic mass is 9.74. The largest absolute Gasteiger partial charge is 0.353 e. The third-order valence-corrected chi connectivity index (χ3v) is 3.60. The number of piperidine rings is 1. The summed E-state index contributed by atoms with van der Waals surface area (Å²) in [5.74, 6) is 1.07. The Morgan fingerprint density at radius 1 is 1.46 bits per heavy atom. The molecule has 1 aliphatic carbocycles. The SMILES string of the molecule is CC1CC2(CC2)C(C(C)C)C(=O)N1. The molecule has 2 heteroatoms. The third-order valence-electron chi connectivity index (χ3n) is 3.60. The van der Waals surface area contributed by atoms with E-state index in [9.17, 15) is 4.79 Å². The first-order valence-electron chi connectivity index (χ1n) is 5.35. The maximum Gasteiger partial charge on any atom is 0.224 e. The monoisotopic (exact) mass is 181 g/mol. The lowest BCUT2D eigenvalue weighted by Crippen LogP contribution is -2.50. The minimum atomic E-state index is 0.281. The van der Waals surface area contributed by atoms with Gasteiger partial charge in [0.25, 0.3) is 0 Å². The maximum atomic E-state index is 11.8. The predicted molar refractivity (Wildman–Crippen MR) is 52.2 cm³/mol. The molecule has 1 heterocycles. The van der Waals surface area contributed by atoms with Gasteiger partial charge in [0.15, 0.2) is 0 Å². The van der Waals surface area contributed by atoms with Gasteiger partial charge in [0.05, 0.1) is 0 Å². The fraction of sp³-hybridized carbons (Fsp3) is 0.909. The number of amides is 1. The quantitative estimate of drug-likeness (QED) is 0.658. The van der Waals surface area contributed by atoms with Gasteiger partial charge >= 0.3 is 0 Å². The van der Waals surface area contributed by atoms with Gasteiger partial charge in [0.1, 0.15) is 0 Å². The fourth-order valence-electron chi connectivity index (χ4n) is 3.08. The van der Waals surface area contributed by atoms with Crippen LogP contribution in [0.1, 0.15) is 40.0 Å². The minimum absolute atomic E-state index is 0.281. The molecular weight excluding hydrogens is 162 g/mol. The second kappa shape index (κ2) is 2.73. The number of carbonyl (C=O) groups is 1. The van der Waals surface area contributed by atoms with E-state index in [0.717, 1.165) is 0 Å². The molecule has 2 unspecified atom stereocenters. The Balaban J connectivity index is 2.19. The highest BCUT2D eigenvalue weighted by atomic mass is 16.2. The summed E-state index contributed by atoms with van der Waals surface area (Å²) >= 11 is 0. The van der Waals surface area contributed by atoms with Crippen LogP contribution in [-0.2, 0) is 4.79 Å². The zero-order chi connectivity index (χ0) is 9.64. The first kappa shape index (κ1) is 9.04. The highest BCUT2D eigenvalue weighted by Gasteiger charge is 2.56. The zero-order valence-electron chi connectivity index (χ0n) is 8.76. The van der Waals surface area contributed by atoms with Gasteiger partial charge in [-0.25, -0.2) is 0 Å². The van der Waals surface area contributed by atoms with Crippen molar-refractivity contribution in [1.29, 1.82) is 0 Å². The molecule has 74 valence electrons. The van der Waals surface area contributed by atoms with Crippen LogP contribution in [0, 0.1) is 17.3 Å². The lowest BCUT2D eigenvalue weighted by molar-refractivity contribution is -0.132. The molecule has 1 spiro atoms. The van der Waals surface area contributed by atoms with Crippen molar-refractivity contribution in [3.63, 3.8) is 0 Å². The molecule has 0 bridgehead atoms. The smallest absolute Gasteiger partial charge is 0.224 e. The van der Waals surface area contributed by atoms with Crippen LogP contribution in [0.25, 0.3) is 0 Å². The molecule has 0 aromatic heterocycles. The van der Waals surface area contributed by atoms with Crippen LogP contribution in [0.3, 0.4) is 0 Å². The highest BCUT2D eigenvalue weighted by molar-refractivity contribution is 5.81. The maximum absolute atomic E-state index is 11.8. The Morgan fingerprint density at radius 2 is 2.08 bits per heavy atom. The van der Waals surface area contributed by atoms with Gasteiger partial charge < -0.3 is 5.32 Å². The number of hydrogen-bond acceptors (Lipinski definition) is 1. The van der Waals surface area contributed by atoms with Gasteiger partial charge in [-0.1, -0.05) is 13.8 Å². The number of hydrogen-bond donors (Lipinski definition) is 1. The molecule has 1 saturated heterocycles. The first-order chi connectivity index (χ1) is 6.05. The molecule has 1 N–H and O–H groups in total. The second-order valence-corrected chi connectivity index (χ2v) is 5.20. The van der Waals surface area contributed by atoms with Gasteiger partial charge in [-0.3, -0.25) is 4.79 Å². The molecule has 0 aromatic carbocycles. The van der Waals surface area contributed by atoms with Crippen molar-refractivity contribution in [2.75, 3.05) is 0 Å². The van der Waals surface area contributed by atoms with Gasteiger partial charge in [0, 0.05) is 12.0 Å². The summed E-state index contributed by atoms with van der Waals surface area (Å²) in [6, 6.07) is 0.394. The van der Waals surface area contributed by atoms with Crippen LogP contribution in [0.2, 0.25) is 0 Å². The van der Waals surface area contributed by atoms with E-state index in [1.165, 1.54) is 19.3 Å². The van der Waals surface area contributed by atoms with Crippen molar-refractivity contribution in [3.8, 4) is 0 Å². The van der Waals surface area contributed by atoms with E-state index in [0.29, 0.717) is 23.3 Å². The molecule has 0 aromatic rings. The van der Waals surface area contributed by atoms with Gasteiger partial charge in [-0.2, -0.15) is 0 Å². The average molecular weight is 181 g/mol. The Kier molecular flexibility index (Phi) is 1.90. The van der Waals surface area contributed by atoms with Crippen molar-refractivity contribution in [2.45, 2.75) is 46.1 Å². The van der Waals surface area contributed by atoms with E-state index in [4.69, 9.17) is 0 Å². The molecule has 2 rings (SSSR count). The second-order valence-electron chi connectivity index (χ2n) is 5.20. The summed E-state index contributed by atoms with van der Waals surface area (Å²) in [7, 11) is 0. The molecule has 2 aliphatic rings. The highest BCUT2D eigenvalue weighted by Crippen LogP contribution is 2.59. The molecule has 1 saturated carbocycles. The molecule has 1 amide bonds. The summed E-state index contributed by atoms with van der Waals surface area (Å²) < 4.78 is 0. The van der Waals surface area contributed by atoms with E-state index in [1.807, 2.05) is 0 Å². The van der Waals surface area contributed by atoms with Crippen LogP contribution in [0.5, 0.6) is 0 Å². The van der Waals surface area contributed by atoms with Crippen molar-refractivity contribution in [2.24, 2.45) is 17.3 Å². The van der Waals surface area contributed by atoms with E-state index in [1.54, 1.807) is 0 Å². The molecule has 2 nitrogen and oxygen atoms in total. The summed E-state index contributed by atoms with van der Waals surface area (Å²) in [4.78, 5) is 11.8. The number of carbonyl (C=O) groups excluding carboxylic acids is 1.